The van der Waals surface area contributed by atoms with Crippen molar-refractivity contribution in [2.75, 3.05) is 5.75 Å². The molecule has 0 atom stereocenters. The molecule has 2 aromatic heterocycles. The summed E-state index contributed by atoms with van der Waals surface area (Å²) in [5.41, 5.74) is 3.82. The molecule has 0 amide bonds. The van der Waals surface area contributed by atoms with Crippen LogP contribution in [-0.4, -0.2) is 21.5 Å². The van der Waals surface area contributed by atoms with Crippen molar-refractivity contribution in [1.29, 1.82) is 0 Å². The van der Waals surface area contributed by atoms with Crippen LogP contribution in [0.15, 0.2) is 23.0 Å². The third-order valence-electron chi connectivity index (χ3n) is 4.24. The SMILES string of the molecule is Cc1ccc(C(=O)CSCc2nc3sc(C)c(C)c3c(=O)[nH]2)c(C)c1. The molecule has 0 spiro atoms. The highest BCUT2D eigenvalue weighted by molar-refractivity contribution is 7.99. The molecule has 4 nitrogen and oxygen atoms in total. The first kappa shape index (κ1) is 17.9. The highest BCUT2D eigenvalue weighted by atomic mass is 32.2. The van der Waals surface area contributed by atoms with Crippen LogP contribution in [0.1, 0.15) is 37.7 Å². The number of ketones is 1. The van der Waals surface area contributed by atoms with E-state index in [2.05, 4.69) is 9.97 Å². The van der Waals surface area contributed by atoms with E-state index in [-0.39, 0.29) is 11.3 Å². The quantitative estimate of drug-likeness (QED) is 0.677. The smallest absolute Gasteiger partial charge is 0.259 e. The Labute approximate surface area is 154 Å². The molecule has 3 aromatic rings. The molecule has 0 aliphatic heterocycles. The summed E-state index contributed by atoms with van der Waals surface area (Å²) in [4.78, 5) is 33.9. The number of hydrogen-bond acceptors (Lipinski definition) is 5. The zero-order chi connectivity index (χ0) is 18.1. The number of aryl methyl sites for hydroxylation is 4. The van der Waals surface area contributed by atoms with Gasteiger partial charge in [-0.1, -0.05) is 23.8 Å². The Morgan fingerprint density at radius 2 is 2.00 bits per heavy atom. The maximum Gasteiger partial charge on any atom is 0.259 e. The zero-order valence-electron chi connectivity index (χ0n) is 14.7. The van der Waals surface area contributed by atoms with Crippen LogP contribution in [0.2, 0.25) is 0 Å². The van der Waals surface area contributed by atoms with Gasteiger partial charge in [-0.15, -0.1) is 23.1 Å². The van der Waals surface area contributed by atoms with Gasteiger partial charge in [-0.3, -0.25) is 9.59 Å². The Balaban J connectivity index is 1.71. The maximum absolute atomic E-state index is 12.4. The number of benzene rings is 1. The van der Waals surface area contributed by atoms with Crippen LogP contribution >= 0.6 is 23.1 Å². The second-order valence-corrected chi connectivity index (χ2v) is 8.40. The van der Waals surface area contributed by atoms with Crippen molar-refractivity contribution in [1.82, 2.24) is 9.97 Å². The Hall–Kier alpha value is -1.92. The van der Waals surface area contributed by atoms with Gasteiger partial charge in [0, 0.05) is 10.4 Å². The Morgan fingerprint density at radius 3 is 2.72 bits per heavy atom. The Bertz CT molecular complexity index is 1020. The average Bonchev–Trinajstić information content (AvgIpc) is 2.82. The van der Waals surface area contributed by atoms with Crippen LogP contribution < -0.4 is 5.56 Å². The molecule has 2 heterocycles. The normalized spacial score (nSPS) is 11.2. The van der Waals surface area contributed by atoms with Gasteiger partial charge in [-0.25, -0.2) is 4.98 Å². The van der Waals surface area contributed by atoms with E-state index in [9.17, 15) is 9.59 Å². The van der Waals surface area contributed by atoms with Gasteiger partial charge in [-0.05, 0) is 38.8 Å². The molecular formula is C19H20N2O2S2. The predicted octanol–water partition coefficient (Wildman–Crippen LogP) is 4.33. The van der Waals surface area contributed by atoms with Gasteiger partial charge in [-0.2, -0.15) is 0 Å². The highest BCUT2D eigenvalue weighted by Crippen LogP contribution is 2.26. The van der Waals surface area contributed by atoms with Crippen LogP contribution in [0.4, 0.5) is 0 Å². The molecule has 3 rings (SSSR count). The number of carbonyl (C=O) groups excluding carboxylic acids is 1. The fourth-order valence-electron chi connectivity index (χ4n) is 2.81. The number of fused-ring (bicyclic) bond motifs is 1. The number of aromatic amines is 1. The monoisotopic (exact) mass is 372 g/mol. The van der Waals surface area contributed by atoms with Crippen molar-refractivity contribution in [3.8, 4) is 0 Å². The molecule has 25 heavy (non-hydrogen) atoms. The number of carbonyl (C=O) groups is 1. The number of aromatic nitrogens is 2. The first-order valence-electron chi connectivity index (χ1n) is 8.04. The van der Waals surface area contributed by atoms with Crippen LogP contribution in [0.25, 0.3) is 10.2 Å². The average molecular weight is 373 g/mol. The van der Waals surface area contributed by atoms with Gasteiger partial charge in [0.1, 0.15) is 10.7 Å². The molecule has 0 aliphatic carbocycles. The van der Waals surface area contributed by atoms with Crippen molar-refractivity contribution < 1.29 is 4.79 Å². The lowest BCUT2D eigenvalue weighted by Gasteiger charge is -2.06. The van der Waals surface area contributed by atoms with E-state index >= 15 is 0 Å². The molecule has 1 N–H and O–H groups in total. The maximum atomic E-state index is 12.4. The van der Waals surface area contributed by atoms with Crippen molar-refractivity contribution in [3.05, 3.63) is 61.5 Å². The number of hydrogen-bond donors (Lipinski definition) is 1. The first-order valence-corrected chi connectivity index (χ1v) is 10.0. The van der Waals surface area contributed by atoms with Crippen LogP contribution in [0.5, 0.6) is 0 Å². The van der Waals surface area contributed by atoms with Gasteiger partial charge in [0.15, 0.2) is 5.78 Å². The van der Waals surface area contributed by atoms with Gasteiger partial charge in [0.2, 0.25) is 0 Å². The van der Waals surface area contributed by atoms with E-state index in [1.54, 1.807) is 0 Å². The van der Waals surface area contributed by atoms with E-state index in [0.29, 0.717) is 22.7 Å². The lowest BCUT2D eigenvalue weighted by atomic mass is 10.0. The minimum atomic E-state index is -0.0943. The Morgan fingerprint density at radius 1 is 1.24 bits per heavy atom. The van der Waals surface area contributed by atoms with E-state index in [0.717, 1.165) is 32.0 Å². The van der Waals surface area contributed by atoms with Crippen molar-refractivity contribution in [3.63, 3.8) is 0 Å². The van der Waals surface area contributed by atoms with Crippen molar-refractivity contribution >= 4 is 39.1 Å². The fourth-order valence-corrected chi connectivity index (χ4v) is 4.63. The third kappa shape index (κ3) is 3.70. The largest absolute Gasteiger partial charge is 0.309 e. The lowest BCUT2D eigenvalue weighted by Crippen LogP contribution is -2.11. The molecule has 0 fully saturated rings. The molecule has 0 radical (unpaired) electrons. The number of rotatable bonds is 5. The molecule has 0 saturated carbocycles. The van der Waals surface area contributed by atoms with Gasteiger partial charge < -0.3 is 4.98 Å². The molecule has 0 bridgehead atoms. The minimum absolute atomic E-state index is 0.0943. The number of H-pyrrole nitrogens is 1. The highest BCUT2D eigenvalue weighted by Gasteiger charge is 2.13. The molecule has 0 aliphatic rings. The summed E-state index contributed by atoms with van der Waals surface area (Å²) < 4.78 is 0. The topological polar surface area (TPSA) is 62.8 Å². The molecule has 0 saturated heterocycles. The number of nitrogens with one attached hydrogen (secondary N) is 1. The van der Waals surface area contributed by atoms with Crippen LogP contribution in [-0.2, 0) is 5.75 Å². The first-order chi connectivity index (χ1) is 11.9. The van der Waals surface area contributed by atoms with Crippen LogP contribution in [0.3, 0.4) is 0 Å². The predicted molar refractivity (Wildman–Crippen MR) is 106 cm³/mol. The van der Waals surface area contributed by atoms with Crippen molar-refractivity contribution in [2.45, 2.75) is 33.4 Å². The number of Topliss-reactive ketones (excluding diaryl/α,β-unsaturated/α-hetero) is 1. The van der Waals surface area contributed by atoms with E-state index in [1.165, 1.54) is 23.1 Å². The summed E-state index contributed by atoms with van der Waals surface area (Å²) >= 11 is 3.01. The summed E-state index contributed by atoms with van der Waals surface area (Å²) in [6.45, 7) is 7.92. The zero-order valence-corrected chi connectivity index (χ0v) is 16.4. The summed E-state index contributed by atoms with van der Waals surface area (Å²) in [7, 11) is 0. The summed E-state index contributed by atoms with van der Waals surface area (Å²) in [5, 5.41) is 0.683. The second-order valence-electron chi connectivity index (χ2n) is 6.21. The fraction of sp³-hybridized carbons (Fsp3) is 0.316. The molecule has 6 heteroatoms. The number of thioether (sulfide) groups is 1. The third-order valence-corrected chi connectivity index (χ3v) is 6.29. The molecule has 1 aromatic carbocycles. The lowest BCUT2D eigenvalue weighted by molar-refractivity contribution is 0.102. The van der Waals surface area contributed by atoms with Gasteiger partial charge >= 0.3 is 0 Å². The summed E-state index contributed by atoms with van der Waals surface area (Å²) in [6.07, 6.45) is 0. The van der Waals surface area contributed by atoms with Crippen LogP contribution in [0, 0.1) is 27.7 Å². The number of thiophene rings is 1. The van der Waals surface area contributed by atoms with Gasteiger partial charge in [0.05, 0.1) is 16.9 Å². The molecular weight excluding hydrogens is 352 g/mol. The minimum Gasteiger partial charge on any atom is -0.309 e. The van der Waals surface area contributed by atoms with E-state index in [1.807, 2.05) is 45.9 Å². The van der Waals surface area contributed by atoms with Gasteiger partial charge in [0.25, 0.3) is 5.56 Å². The Kier molecular flexibility index (Phi) is 5.11. The van der Waals surface area contributed by atoms with E-state index in [4.69, 9.17) is 0 Å². The van der Waals surface area contributed by atoms with Crippen molar-refractivity contribution in [2.24, 2.45) is 0 Å². The second kappa shape index (κ2) is 7.14. The van der Waals surface area contributed by atoms with E-state index < -0.39 is 0 Å². The summed E-state index contributed by atoms with van der Waals surface area (Å²) in [6, 6.07) is 5.86. The molecule has 0 unspecified atom stereocenters. The standard InChI is InChI=1S/C19H20N2O2S2/c1-10-5-6-14(11(2)7-10)15(22)8-24-9-16-20-18(23)17-12(3)13(4)25-19(17)21-16/h5-7H,8-9H2,1-4H3,(H,20,21,23). The number of nitrogens with zero attached hydrogens (tertiary/aromatic N) is 1. The molecule has 130 valence electrons. The summed E-state index contributed by atoms with van der Waals surface area (Å²) in [5.74, 6) is 1.61.